The van der Waals surface area contributed by atoms with Crippen molar-refractivity contribution in [3.05, 3.63) is 42.2 Å². The molecule has 12 nitrogen and oxygen atoms in total. The number of nitrogens with zero attached hydrogens (tertiary/aromatic N) is 6. The molecule has 0 spiro atoms. The fourth-order valence-corrected chi connectivity index (χ4v) is 6.37. The molecule has 1 unspecified atom stereocenters. The number of carbonyl (C=O) groups is 1. The van der Waals surface area contributed by atoms with Gasteiger partial charge in [0.25, 0.3) is 15.9 Å². The van der Waals surface area contributed by atoms with Crippen molar-refractivity contribution >= 4 is 21.7 Å². The molecule has 16 heteroatoms. The minimum Gasteiger partial charge on any atom is -0.477 e. The summed E-state index contributed by atoms with van der Waals surface area (Å²) in [6.07, 6.45) is -0.695. The van der Waals surface area contributed by atoms with Crippen molar-refractivity contribution in [2.24, 2.45) is 5.41 Å². The van der Waals surface area contributed by atoms with Gasteiger partial charge < -0.3 is 14.4 Å². The number of sulfonamides is 1. The van der Waals surface area contributed by atoms with Crippen LogP contribution in [0.4, 0.5) is 19.0 Å². The lowest BCUT2D eigenvalue weighted by molar-refractivity contribution is -0.190. The van der Waals surface area contributed by atoms with Gasteiger partial charge in [0.2, 0.25) is 5.88 Å². The van der Waals surface area contributed by atoms with Crippen molar-refractivity contribution in [1.29, 1.82) is 0 Å². The van der Waals surface area contributed by atoms with E-state index in [0.717, 1.165) is 0 Å². The maximum Gasteiger partial charge on any atom is 0.394 e. The fourth-order valence-electron chi connectivity index (χ4n) is 5.46. The van der Waals surface area contributed by atoms with Crippen molar-refractivity contribution in [2.45, 2.75) is 68.9 Å². The molecule has 1 N–H and O–H groups in total. The molecule has 1 amide bonds. The summed E-state index contributed by atoms with van der Waals surface area (Å²) in [4.78, 5) is 20.0. The van der Waals surface area contributed by atoms with Gasteiger partial charge in [0.1, 0.15) is 5.82 Å². The molecule has 1 saturated heterocycles. The van der Waals surface area contributed by atoms with Gasteiger partial charge in [0, 0.05) is 30.5 Å². The molecule has 3 aromatic heterocycles. The number of rotatable bonds is 5. The average molecular weight is 610 g/mol. The zero-order chi connectivity index (χ0) is 29.9. The van der Waals surface area contributed by atoms with Crippen LogP contribution in [0.25, 0.3) is 5.82 Å². The van der Waals surface area contributed by atoms with E-state index in [1.807, 2.05) is 18.7 Å². The summed E-state index contributed by atoms with van der Waals surface area (Å²) in [6.45, 7) is 4.87. The van der Waals surface area contributed by atoms with Crippen molar-refractivity contribution in [3.8, 4) is 11.7 Å². The molecule has 5 heterocycles. The number of pyridine rings is 1. The third-order valence-corrected chi connectivity index (χ3v) is 9.30. The van der Waals surface area contributed by atoms with Gasteiger partial charge in [-0.15, -0.1) is 5.10 Å². The summed E-state index contributed by atoms with van der Waals surface area (Å²) in [7, 11) is -4.27. The molecule has 226 valence electrons. The number of ether oxygens (including phenoxy) is 2. The highest BCUT2D eigenvalue weighted by molar-refractivity contribution is 7.90. The summed E-state index contributed by atoms with van der Waals surface area (Å²) in [5, 5.41) is 8.07. The number of hydrogen-bond donors (Lipinski definition) is 1. The van der Waals surface area contributed by atoms with Gasteiger partial charge in [0.15, 0.2) is 10.8 Å². The first-order valence-corrected chi connectivity index (χ1v) is 15.0. The second-order valence-corrected chi connectivity index (χ2v) is 13.1. The molecule has 1 aliphatic carbocycles. The molecule has 4 bridgehead atoms. The summed E-state index contributed by atoms with van der Waals surface area (Å²) in [5.41, 5.74) is -2.14. The molecule has 1 atom stereocenters. The minimum absolute atomic E-state index is 0.0260. The van der Waals surface area contributed by atoms with E-state index < -0.39 is 33.1 Å². The molecule has 1 saturated carbocycles. The summed E-state index contributed by atoms with van der Waals surface area (Å²) in [5.74, 6) is -0.210. The monoisotopic (exact) mass is 609 g/mol. The quantitative estimate of drug-likeness (QED) is 0.463. The van der Waals surface area contributed by atoms with Gasteiger partial charge in [-0.2, -0.15) is 26.7 Å². The zero-order valence-electron chi connectivity index (χ0n) is 23.0. The number of alkyl halides is 3. The lowest BCUT2D eigenvalue weighted by Gasteiger charge is -2.33. The average Bonchev–Trinajstić information content (AvgIpc) is 3.22. The predicted octanol–water partition coefficient (Wildman–Crippen LogP) is 3.08. The van der Waals surface area contributed by atoms with Crippen molar-refractivity contribution in [1.82, 2.24) is 29.3 Å². The zero-order valence-corrected chi connectivity index (χ0v) is 23.8. The highest BCUT2D eigenvalue weighted by Crippen LogP contribution is 2.59. The Hall–Kier alpha value is -3.66. The number of hydrogen-bond acceptors (Lipinski definition) is 9. The topological polar surface area (TPSA) is 133 Å². The molecule has 0 radical (unpaired) electrons. The van der Waals surface area contributed by atoms with E-state index in [2.05, 4.69) is 14.9 Å². The second-order valence-electron chi connectivity index (χ2n) is 11.5. The molecule has 42 heavy (non-hydrogen) atoms. The normalized spacial score (nSPS) is 22.6. The first-order chi connectivity index (χ1) is 19.8. The minimum atomic E-state index is -4.27. The number of fused-ring (bicyclic) bond motifs is 6. The van der Waals surface area contributed by atoms with E-state index in [0.29, 0.717) is 31.9 Å². The van der Waals surface area contributed by atoms with Gasteiger partial charge >= 0.3 is 6.18 Å². The Morgan fingerprint density at radius 3 is 2.67 bits per heavy atom. The highest BCUT2D eigenvalue weighted by atomic mass is 32.2. The van der Waals surface area contributed by atoms with Crippen molar-refractivity contribution < 1.29 is 35.9 Å². The molecule has 0 aromatic carbocycles. The largest absolute Gasteiger partial charge is 0.477 e. The van der Waals surface area contributed by atoms with E-state index in [4.69, 9.17) is 14.5 Å². The smallest absolute Gasteiger partial charge is 0.394 e. The number of halogens is 3. The molecule has 2 fully saturated rings. The van der Waals surface area contributed by atoms with Crippen LogP contribution in [-0.2, 0) is 21.3 Å². The van der Waals surface area contributed by atoms with Crippen LogP contribution in [0.5, 0.6) is 5.88 Å². The Labute approximate surface area is 239 Å². The molecule has 6 rings (SSSR count). The van der Waals surface area contributed by atoms with E-state index in [9.17, 15) is 26.4 Å². The Bertz CT molecular complexity index is 1610. The van der Waals surface area contributed by atoms with Crippen LogP contribution in [0.2, 0.25) is 0 Å². The van der Waals surface area contributed by atoms with E-state index in [1.165, 1.54) is 39.8 Å². The molecule has 3 aromatic rings. The second kappa shape index (κ2) is 9.97. The van der Waals surface area contributed by atoms with Crippen LogP contribution in [0.3, 0.4) is 0 Å². The lowest BCUT2D eigenvalue weighted by Crippen LogP contribution is -2.41. The van der Waals surface area contributed by atoms with Crippen LogP contribution in [0.1, 0.15) is 49.9 Å². The Morgan fingerprint density at radius 2 is 1.93 bits per heavy atom. The predicted molar refractivity (Wildman–Crippen MR) is 142 cm³/mol. The van der Waals surface area contributed by atoms with Gasteiger partial charge in [-0.1, -0.05) is 0 Å². The molecular weight excluding hydrogens is 579 g/mol. The third kappa shape index (κ3) is 5.32. The maximum absolute atomic E-state index is 13.4. The van der Waals surface area contributed by atoms with Crippen LogP contribution in [0, 0.1) is 5.41 Å². The molecule has 2 aliphatic heterocycles. The highest BCUT2D eigenvalue weighted by Gasteiger charge is 2.62. The molecular formula is C26H30F3N7O5S. The SMILES string of the molecule is CC1(C)CC2CN1c1nc(-n3ccc(OCCC4(C(F)(F)F)CC4)n3)ccc1C(=O)NS(=O)(=O)c1ccn(n1)CCO2. The summed E-state index contributed by atoms with van der Waals surface area (Å²) < 4.78 is 82.1. The number of carbonyl (C=O) groups excluding carboxylic acids is 1. The Morgan fingerprint density at radius 1 is 1.14 bits per heavy atom. The van der Waals surface area contributed by atoms with Crippen LogP contribution >= 0.6 is 0 Å². The van der Waals surface area contributed by atoms with E-state index in [1.54, 1.807) is 6.20 Å². The first-order valence-electron chi connectivity index (χ1n) is 13.5. The summed E-state index contributed by atoms with van der Waals surface area (Å²) in [6, 6.07) is 5.78. The van der Waals surface area contributed by atoms with Gasteiger partial charge in [-0.25, -0.2) is 14.4 Å². The Kier molecular flexibility index (Phi) is 6.75. The summed E-state index contributed by atoms with van der Waals surface area (Å²) >= 11 is 0. The van der Waals surface area contributed by atoms with Gasteiger partial charge in [0.05, 0.1) is 36.8 Å². The van der Waals surface area contributed by atoms with Gasteiger partial charge in [-0.3, -0.25) is 9.48 Å². The van der Waals surface area contributed by atoms with E-state index >= 15 is 0 Å². The number of aromatic nitrogens is 5. The van der Waals surface area contributed by atoms with Crippen LogP contribution in [0.15, 0.2) is 41.7 Å². The third-order valence-electron chi connectivity index (χ3n) is 8.08. The number of anilines is 1. The van der Waals surface area contributed by atoms with Gasteiger partial charge in [-0.05, 0) is 57.7 Å². The first kappa shape index (κ1) is 28.5. The fraction of sp³-hybridized carbons (Fsp3) is 0.538. The maximum atomic E-state index is 13.4. The number of nitrogens with one attached hydrogen (secondary N) is 1. The Balaban J connectivity index is 1.29. The standard InChI is InChI=1S/C26H30F3N7O5S/c1-24(2)15-17-16-35(24)22-18(23(37)33-42(38,39)21-6-10-34(32-21)12-14-40-17)3-4-19(30-22)36-11-5-20(31-36)41-13-9-25(7-8-25)26(27,28)29/h3-6,10-11,17H,7-9,12-16H2,1-2H3,(H,33,37). The number of amides is 1. The van der Waals surface area contributed by atoms with Crippen molar-refractivity contribution in [3.63, 3.8) is 0 Å². The van der Waals surface area contributed by atoms with Crippen LogP contribution < -0.4 is 14.4 Å². The molecule has 3 aliphatic rings. The van der Waals surface area contributed by atoms with Crippen LogP contribution in [-0.4, -0.2) is 76.4 Å². The van der Waals surface area contributed by atoms with Crippen molar-refractivity contribution in [2.75, 3.05) is 24.7 Å². The van der Waals surface area contributed by atoms with E-state index in [-0.39, 0.29) is 54.3 Å². The lowest BCUT2D eigenvalue weighted by atomic mass is 10.0.